The molecule has 3 unspecified atom stereocenters. The lowest BCUT2D eigenvalue weighted by Crippen LogP contribution is -2.38. The second-order valence-electron chi connectivity index (χ2n) is 9.50. The molecule has 2 aromatic carbocycles. The van der Waals surface area contributed by atoms with Crippen molar-refractivity contribution < 1.29 is 17.9 Å². The van der Waals surface area contributed by atoms with Crippen LogP contribution in [0.5, 0.6) is 0 Å². The summed E-state index contributed by atoms with van der Waals surface area (Å²) in [5.74, 6) is 0. The predicted molar refractivity (Wildman–Crippen MR) is 132 cm³/mol. The molecule has 3 atom stereocenters. The van der Waals surface area contributed by atoms with Gasteiger partial charge in [-0.1, -0.05) is 61.5 Å². The molecule has 0 saturated carbocycles. The number of hydrogen-bond donors (Lipinski definition) is 4. The van der Waals surface area contributed by atoms with Gasteiger partial charge in [0.05, 0.1) is 5.25 Å². The van der Waals surface area contributed by atoms with Crippen molar-refractivity contribution in [3.63, 3.8) is 0 Å². The monoisotopic (exact) mass is 474 g/mol. The molecule has 181 valence electrons. The molecule has 33 heavy (non-hydrogen) atoms. The Morgan fingerprint density at radius 2 is 1.76 bits per heavy atom. The van der Waals surface area contributed by atoms with Crippen LogP contribution in [-0.2, 0) is 27.3 Å². The molecule has 7 nitrogen and oxygen atoms in total. The molecule has 0 aliphatic rings. The van der Waals surface area contributed by atoms with E-state index in [0.717, 1.165) is 11.1 Å². The fourth-order valence-corrected chi connectivity index (χ4v) is 4.51. The molecular weight excluding hydrogens is 438 g/mol. The molecule has 0 aliphatic carbocycles. The summed E-state index contributed by atoms with van der Waals surface area (Å²) in [7, 11) is -2.64. The summed E-state index contributed by atoms with van der Waals surface area (Å²) < 4.78 is 29.4. The largest absolute Gasteiger partial charge is 0.444 e. The molecule has 8 heteroatoms. The highest BCUT2D eigenvalue weighted by Gasteiger charge is 2.31. The van der Waals surface area contributed by atoms with Crippen LogP contribution in [0, 0.1) is 6.54 Å². The average Bonchev–Trinajstić information content (AvgIpc) is 2.75. The van der Waals surface area contributed by atoms with Gasteiger partial charge in [-0.2, -0.15) is 0 Å². The smallest absolute Gasteiger partial charge is 0.409 e. The maximum Gasteiger partial charge on any atom is 0.409 e. The number of nitrogens with one attached hydrogen (secondary N) is 1. The van der Waals surface area contributed by atoms with E-state index in [2.05, 4.69) is 5.32 Å². The normalized spacial score (nSPS) is 15.5. The molecule has 5 N–H and O–H groups in total. The van der Waals surface area contributed by atoms with Crippen LogP contribution < -0.4 is 16.8 Å². The van der Waals surface area contributed by atoms with Crippen LogP contribution in [-0.4, -0.2) is 25.4 Å². The Morgan fingerprint density at radius 1 is 1.09 bits per heavy atom. The van der Waals surface area contributed by atoms with Gasteiger partial charge in [-0.25, -0.2) is 13.2 Å². The minimum absolute atomic E-state index is 0.340. The Labute approximate surface area is 198 Å². The standard InChI is InChI=1S/C25H36N3O4S/c1-24(2,3)32-23(29)28-22(27)19-11-8-12-20(15-19)25(4,17-26)16-21(33(30)31)14-13-18-9-6-5-7-10-18/h5-12,15,17,21-22,33H,13-14,16,26-27H2,1-4H3,(H,28,29). The molecule has 0 fully saturated rings. The number of thiol groups is 1. The van der Waals surface area contributed by atoms with Gasteiger partial charge in [-0.3, -0.25) is 0 Å². The predicted octanol–water partition coefficient (Wildman–Crippen LogP) is 3.55. The van der Waals surface area contributed by atoms with Crippen molar-refractivity contribution in [3.8, 4) is 0 Å². The lowest BCUT2D eigenvalue weighted by atomic mass is 9.77. The van der Waals surface area contributed by atoms with Gasteiger partial charge in [0.25, 0.3) is 0 Å². The third-order valence-corrected chi connectivity index (χ3v) is 6.55. The summed E-state index contributed by atoms with van der Waals surface area (Å²) in [6.07, 6.45) is 0.114. The Morgan fingerprint density at radius 3 is 2.33 bits per heavy atom. The van der Waals surface area contributed by atoms with E-state index in [0.29, 0.717) is 24.8 Å². The average molecular weight is 475 g/mol. The zero-order chi connectivity index (χ0) is 24.6. The van der Waals surface area contributed by atoms with Crippen LogP contribution in [0.3, 0.4) is 0 Å². The van der Waals surface area contributed by atoms with Crippen LogP contribution in [0.2, 0.25) is 0 Å². The van der Waals surface area contributed by atoms with E-state index in [4.69, 9.17) is 16.2 Å². The summed E-state index contributed by atoms with van der Waals surface area (Å²) in [4.78, 5) is 12.1. The second-order valence-corrected chi connectivity index (χ2v) is 10.8. The first-order valence-corrected chi connectivity index (χ1v) is 12.3. The maximum absolute atomic E-state index is 12.1. The number of hydrogen-bond acceptors (Lipinski definition) is 6. The van der Waals surface area contributed by atoms with Crippen molar-refractivity contribution in [3.05, 3.63) is 77.8 Å². The number of carbonyl (C=O) groups is 1. The SMILES string of the molecule is CC(C)(C)OC(=O)NC(N)c1cccc(C(C)([CH]N)CC(CCc2ccccc2)[SH](=O)=O)c1. The van der Waals surface area contributed by atoms with Crippen molar-refractivity contribution in [2.45, 2.75) is 69.4 Å². The maximum atomic E-state index is 12.1. The molecule has 0 aliphatic heterocycles. The molecule has 0 aromatic heterocycles. The Kier molecular flexibility index (Phi) is 9.46. The Bertz CT molecular complexity index is 981. The summed E-state index contributed by atoms with van der Waals surface area (Å²) in [5, 5.41) is 2.09. The highest BCUT2D eigenvalue weighted by Crippen LogP contribution is 2.33. The number of alkyl carbamates (subject to hydrolysis) is 1. The molecular formula is C25H36N3O4S. The highest BCUT2D eigenvalue weighted by molar-refractivity contribution is 7.73. The van der Waals surface area contributed by atoms with Crippen LogP contribution in [0.15, 0.2) is 54.6 Å². The number of nitrogens with two attached hydrogens (primary N) is 2. The van der Waals surface area contributed by atoms with E-state index in [-0.39, 0.29) is 0 Å². The summed E-state index contributed by atoms with van der Waals surface area (Å²) >= 11 is 0. The minimum atomic E-state index is -2.64. The molecule has 2 rings (SSSR count). The van der Waals surface area contributed by atoms with Crippen LogP contribution in [0.25, 0.3) is 0 Å². The van der Waals surface area contributed by atoms with Gasteiger partial charge in [-0.05, 0) is 56.7 Å². The van der Waals surface area contributed by atoms with Crippen molar-refractivity contribution >= 4 is 16.8 Å². The molecule has 1 amide bonds. The van der Waals surface area contributed by atoms with Crippen LogP contribution >= 0.6 is 0 Å². The van der Waals surface area contributed by atoms with Crippen molar-refractivity contribution in [1.29, 1.82) is 0 Å². The minimum Gasteiger partial charge on any atom is -0.444 e. The number of aryl methyl sites for hydroxylation is 1. The van der Waals surface area contributed by atoms with Crippen LogP contribution in [0.4, 0.5) is 4.79 Å². The van der Waals surface area contributed by atoms with Gasteiger partial charge in [0.1, 0.15) is 22.5 Å². The topological polar surface area (TPSA) is 125 Å². The first-order valence-electron chi connectivity index (χ1n) is 11.0. The Hall–Kier alpha value is -2.42. The number of carbonyl (C=O) groups excluding carboxylic acids is 1. The third kappa shape index (κ3) is 8.46. The van der Waals surface area contributed by atoms with E-state index >= 15 is 0 Å². The van der Waals surface area contributed by atoms with Gasteiger partial charge < -0.3 is 21.5 Å². The number of benzene rings is 2. The summed E-state index contributed by atoms with van der Waals surface area (Å²) in [6.45, 7) is 8.77. The first-order chi connectivity index (χ1) is 15.4. The molecule has 1 radical (unpaired) electrons. The van der Waals surface area contributed by atoms with Gasteiger partial charge in [-0.15, -0.1) is 0 Å². The molecule has 0 heterocycles. The number of ether oxygens (including phenoxy) is 1. The van der Waals surface area contributed by atoms with E-state index < -0.39 is 39.2 Å². The van der Waals surface area contributed by atoms with Gasteiger partial charge in [0.2, 0.25) is 0 Å². The lowest BCUT2D eigenvalue weighted by Gasteiger charge is -2.31. The molecule has 2 aromatic rings. The molecule has 0 spiro atoms. The fourth-order valence-electron chi connectivity index (χ4n) is 3.64. The number of rotatable bonds is 10. The quantitative estimate of drug-likeness (QED) is 0.308. The van der Waals surface area contributed by atoms with Gasteiger partial charge in [0, 0.05) is 12.0 Å². The van der Waals surface area contributed by atoms with E-state index in [1.165, 1.54) is 6.54 Å². The van der Waals surface area contributed by atoms with E-state index in [9.17, 15) is 13.2 Å². The van der Waals surface area contributed by atoms with E-state index in [1.54, 1.807) is 26.8 Å². The van der Waals surface area contributed by atoms with E-state index in [1.807, 2.05) is 55.5 Å². The van der Waals surface area contributed by atoms with Crippen molar-refractivity contribution in [2.24, 2.45) is 11.5 Å². The fraction of sp³-hybridized carbons (Fsp3) is 0.440. The van der Waals surface area contributed by atoms with Gasteiger partial charge >= 0.3 is 6.09 Å². The lowest BCUT2D eigenvalue weighted by molar-refractivity contribution is 0.0505. The molecule has 0 saturated heterocycles. The summed E-state index contributed by atoms with van der Waals surface area (Å²) in [6, 6.07) is 17.2. The summed E-state index contributed by atoms with van der Waals surface area (Å²) in [5.41, 5.74) is 13.5. The van der Waals surface area contributed by atoms with Crippen LogP contribution in [0.1, 0.15) is 63.4 Å². The van der Waals surface area contributed by atoms with Crippen molar-refractivity contribution in [1.82, 2.24) is 5.32 Å². The molecule has 0 bridgehead atoms. The second kappa shape index (κ2) is 11.6. The van der Waals surface area contributed by atoms with Gasteiger partial charge in [0.15, 0.2) is 0 Å². The Balaban J connectivity index is 2.17. The third-order valence-electron chi connectivity index (χ3n) is 5.51. The van der Waals surface area contributed by atoms with Crippen molar-refractivity contribution in [2.75, 3.05) is 0 Å². The zero-order valence-electron chi connectivity index (χ0n) is 19.8. The zero-order valence-corrected chi connectivity index (χ0v) is 20.7. The highest BCUT2D eigenvalue weighted by atomic mass is 32.2. The number of amides is 1. The first kappa shape index (κ1) is 26.8.